The Bertz CT molecular complexity index is 545. The molecule has 1 fully saturated rings. The highest BCUT2D eigenvalue weighted by Crippen LogP contribution is 2.30. The first kappa shape index (κ1) is 15.2. The summed E-state index contributed by atoms with van der Waals surface area (Å²) in [5, 5.41) is 0. The van der Waals surface area contributed by atoms with E-state index in [4.69, 9.17) is 16.2 Å². The van der Waals surface area contributed by atoms with Crippen LogP contribution in [0.3, 0.4) is 0 Å². The molecule has 4 N–H and O–H groups in total. The molecule has 21 heavy (non-hydrogen) atoms. The van der Waals surface area contributed by atoms with Gasteiger partial charge in [0.05, 0.1) is 23.5 Å². The van der Waals surface area contributed by atoms with E-state index in [1.807, 2.05) is 4.90 Å². The summed E-state index contributed by atoms with van der Waals surface area (Å²) in [4.78, 5) is 25.2. The van der Waals surface area contributed by atoms with Crippen molar-refractivity contribution in [3.63, 3.8) is 0 Å². The van der Waals surface area contributed by atoms with E-state index < -0.39 is 5.97 Å². The van der Waals surface area contributed by atoms with Crippen molar-refractivity contribution in [2.24, 2.45) is 5.73 Å². The second-order valence-electron chi connectivity index (χ2n) is 5.10. The van der Waals surface area contributed by atoms with Gasteiger partial charge in [-0.2, -0.15) is 0 Å². The Morgan fingerprint density at radius 1 is 1.38 bits per heavy atom. The van der Waals surface area contributed by atoms with Crippen molar-refractivity contribution < 1.29 is 14.3 Å². The largest absolute Gasteiger partial charge is 0.462 e. The molecule has 1 aromatic rings. The molecule has 0 aromatic heterocycles. The number of primary amides is 1. The number of hydrogen-bond acceptors (Lipinski definition) is 5. The van der Waals surface area contributed by atoms with Gasteiger partial charge in [-0.25, -0.2) is 4.79 Å². The fourth-order valence-corrected chi connectivity index (χ4v) is 2.67. The van der Waals surface area contributed by atoms with E-state index >= 15 is 0 Å². The first-order chi connectivity index (χ1) is 10.0. The monoisotopic (exact) mass is 291 g/mol. The zero-order valence-electron chi connectivity index (χ0n) is 12.2. The van der Waals surface area contributed by atoms with Gasteiger partial charge >= 0.3 is 5.97 Å². The van der Waals surface area contributed by atoms with E-state index in [9.17, 15) is 9.59 Å². The van der Waals surface area contributed by atoms with Crippen molar-refractivity contribution in [1.29, 1.82) is 0 Å². The van der Waals surface area contributed by atoms with E-state index in [0.29, 0.717) is 17.9 Å². The molecule has 6 heteroatoms. The zero-order chi connectivity index (χ0) is 15.4. The first-order valence-electron chi connectivity index (χ1n) is 7.17. The maximum Gasteiger partial charge on any atom is 0.338 e. The number of anilines is 2. The summed E-state index contributed by atoms with van der Waals surface area (Å²) in [6, 6.07) is 4.66. The second-order valence-corrected chi connectivity index (χ2v) is 5.10. The highest BCUT2D eigenvalue weighted by molar-refractivity contribution is 5.93. The number of carbonyl (C=O) groups is 2. The fraction of sp³-hybridized carbons (Fsp3) is 0.467. The third-order valence-electron chi connectivity index (χ3n) is 3.68. The van der Waals surface area contributed by atoms with Crippen molar-refractivity contribution in [3.05, 3.63) is 23.8 Å². The average molecular weight is 291 g/mol. The van der Waals surface area contributed by atoms with Crippen LogP contribution in [0.1, 0.15) is 36.5 Å². The number of nitrogen functional groups attached to an aromatic ring is 1. The second kappa shape index (κ2) is 6.47. The highest BCUT2D eigenvalue weighted by atomic mass is 16.5. The minimum absolute atomic E-state index is 0.316. The van der Waals surface area contributed by atoms with E-state index in [2.05, 4.69) is 0 Å². The molecule has 0 saturated carbocycles. The molecule has 0 spiro atoms. The summed E-state index contributed by atoms with van der Waals surface area (Å²) in [7, 11) is 0. The Morgan fingerprint density at radius 3 is 2.76 bits per heavy atom. The number of piperidine rings is 1. The number of amides is 1. The number of ether oxygens (including phenoxy) is 1. The van der Waals surface area contributed by atoms with Crippen molar-refractivity contribution in [1.82, 2.24) is 0 Å². The lowest BCUT2D eigenvalue weighted by atomic mass is 10.00. The lowest BCUT2D eigenvalue weighted by Crippen LogP contribution is -2.48. The number of nitrogens with two attached hydrogens (primary N) is 2. The van der Waals surface area contributed by atoms with Gasteiger partial charge in [0.25, 0.3) is 0 Å². The lowest BCUT2D eigenvalue weighted by Gasteiger charge is -2.36. The van der Waals surface area contributed by atoms with Crippen molar-refractivity contribution in [2.45, 2.75) is 32.2 Å². The smallest absolute Gasteiger partial charge is 0.338 e. The molecule has 1 aliphatic heterocycles. The van der Waals surface area contributed by atoms with Crippen molar-refractivity contribution in [2.75, 3.05) is 23.8 Å². The normalized spacial score (nSPS) is 18.3. The molecule has 1 amide bonds. The number of nitrogens with zero attached hydrogens (tertiary/aromatic N) is 1. The number of carbonyl (C=O) groups excluding carboxylic acids is 2. The van der Waals surface area contributed by atoms with Gasteiger partial charge in [-0.3, -0.25) is 4.79 Å². The topological polar surface area (TPSA) is 98.6 Å². The Hall–Kier alpha value is -2.24. The molecular formula is C15H21N3O3. The van der Waals surface area contributed by atoms with Crippen LogP contribution < -0.4 is 16.4 Å². The molecule has 1 heterocycles. The number of hydrogen-bond donors (Lipinski definition) is 2. The van der Waals surface area contributed by atoms with Crippen LogP contribution in [-0.2, 0) is 9.53 Å². The van der Waals surface area contributed by atoms with Crippen LogP contribution in [-0.4, -0.2) is 31.1 Å². The molecule has 1 aliphatic rings. The zero-order valence-corrected chi connectivity index (χ0v) is 12.2. The van der Waals surface area contributed by atoms with Gasteiger partial charge < -0.3 is 21.1 Å². The molecular weight excluding hydrogens is 270 g/mol. The van der Waals surface area contributed by atoms with Crippen LogP contribution >= 0.6 is 0 Å². The lowest BCUT2D eigenvalue weighted by molar-refractivity contribution is -0.119. The molecule has 1 aromatic carbocycles. The Balaban J connectivity index is 2.27. The van der Waals surface area contributed by atoms with E-state index in [-0.39, 0.29) is 11.9 Å². The van der Waals surface area contributed by atoms with Gasteiger partial charge in [0.2, 0.25) is 5.91 Å². The summed E-state index contributed by atoms with van der Waals surface area (Å²) >= 11 is 0. The summed E-state index contributed by atoms with van der Waals surface area (Å²) in [6.45, 7) is 2.80. The molecule has 0 aliphatic carbocycles. The fourth-order valence-electron chi connectivity index (χ4n) is 2.67. The van der Waals surface area contributed by atoms with Crippen LogP contribution in [0.25, 0.3) is 0 Å². The Morgan fingerprint density at radius 2 is 2.14 bits per heavy atom. The maximum atomic E-state index is 11.7. The molecule has 2 rings (SSSR count). The van der Waals surface area contributed by atoms with Crippen LogP contribution in [0, 0.1) is 0 Å². The van der Waals surface area contributed by atoms with E-state index in [0.717, 1.165) is 31.5 Å². The van der Waals surface area contributed by atoms with Gasteiger partial charge in [-0.15, -0.1) is 0 Å². The summed E-state index contributed by atoms with van der Waals surface area (Å²) in [6.07, 6.45) is 2.70. The van der Waals surface area contributed by atoms with Gasteiger partial charge in [0.15, 0.2) is 0 Å². The maximum absolute atomic E-state index is 11.7. The van der Waals surface area contributed by atoms with Gasteiger partial charge in [-0.1, -0.05) is 0 Å². The SMILES string of the molecule is CCOC(=O)c1ccc(N2CCCCC2C(N)=O)c(N)c1. The molecule has 114 valence electrons. The molecule has 1 unspecified atom stereocenters. The molecule has 1 saturated heterocycles. The predicted octanol–water partition coefficient (Wildman–Crippen LogP) is 1.29. The number of benzene rings is 1. The third kappa shape index (κ3) is 3.26. The van der Waals surface area contributed by atoms with E-state index in [1.165, 1.54) is 0 Å². The van der Waals surface area contributed by atoms with Crippen LogP contribution in [0.5, 0.6) is 0 Å². The minimum atomic E-state index is -0.402. The third-order valence-corrected chi connectivity index (χ3v) is 3.68. The van der Waals surface area contributed by atoms with Crippen LogP contribution in [0.2, 0.25) is 0 Å². The number of esters is 1. The van der Waals surface area contributed by atoms with Gasteiger partial charge in [0.1, 0.15) is 6.04 Å². The first-order valence-corrected chi connectivity index (χ1v) is 7.17. The standard InChI is InChI=1S/C15H21N3O3/c1-2-21-15(20)10-6-7-12(11(16)9-10)18-8-4-3-5-13(18)14(17)19/h6-7,9,13H,2-5,8,16H2,1H3,(H2,17,19). The van der Waals surface area contributed by atoms with Crippen LogP contribution in [0.4, 0.5) is 11.4 Å². The summed E-state index contributed by atoms with van der Waals surface area (Å²) < 4.78 is 4.95. The highest BCUT2D eigenvalue weighted by Gasteiger charge is 2.28. The number of rotatable bonds is 4. The van der Waals surface area contributed by atoms with Crippen molar-refractivity contribution in [3.8, 4) is 0 Å². The van der Waals surface area contributed by atoms with Crippen molar-refractivity contribution >= 4 is 23.3 Å². The van der Waals surface area contributed by atoms with Gasteiger partial charge in [-0.05, 0) is 44.4 Å². The molecule has 1 atom stereocenters. The average Bonchev–Trinajstić information content (AvgIpc) is 2.47. The minimum Gasteiger partial charge on any atom is -0.462 e. The molecule has 0 bridgehead atoms. The Kier molecular flexibility index (Phi) is 4.67. The Labute approximate surface area is 124 Å². The molecule has 6 nitrogen and oxygen atoms in total. The predicted molar refractivity (Wildman–Crippen MR) is 81.0 cm³/mol. The molecule has 0 radical (unpaired) electrons. The van der Waals surface area contributed by atoms with Crippen LogP contribution in [0.15, 0.2) is 18.2 Å². The summed E-state index contributed by atoms with van der Waals surface area (Å²) in [5.74, 6) is -0.746. The van der Waals surface area contributed by atoms with Gasteiger partial charge in [0, 0.05) is 6.54 Å². The quantitative estimate of drug-likeness (QED) is 0.643. The summed E-state index contributed by atoms with van der Waals surface area (Å²) in [5.41, 5.74) is 13.1. The van der Waals surface area contributed by atoms with E-state index in [1.54, 1.807) is 25.1 Å².